The van der Waals surface area contributed by atoms with Gasteiger partial charge in [0.15, 0.2) is 0 Å². The highest BCUT2D eigenvalue weighted by molar-refractivity contribution is 5.33. The molecule has 1 unspecified atom stereocenters. The van der Waals surface area contributed by atoms with Crippen LogP contribution >= 0.6 is 0 Å². The first-order chi connectivity index (χ1) is 8.48. The van der Waals surface area contributed by atoms with E-state index in [0.717, 1.165) is 12.1 Å². The smallest absolute Gasteiger partial charge is 0.384 e. The summed E-state index contributed by atoms with van der Waals surface area (Å²) < 4.78 is 37.6. The number of hydrogen-bond donors (Lipinski definition) is 1. The summed E-state index contributed by atoms with van der Waals surface area (Å²) in [5.74, 6) is 0. The predicted octanol–water partition coefficient (Wildman–Crippen LogP) is 3.59. The second-order valence-corrected chi connectivity index (χ2v) is 3.86. The Kier molecular flexibility index (Phi) is 3.39. The second-order valence-electron chi connectivity index (χ2n) is 3.86. The Morgan fingerprint density at radius 2 is 1.78 bits per heavy atom. The van der Waals surface area contributed by atoms with E-state index in [2.05, 4.69) is 6.07 Å². The molecule has 1 nitrogen and oxygen atoms in total. The van der Waals surface area contributed by atoms with Gasteiger partial charge in [-0.3, -0.25) is 0 Å². The normalized spacial score (nSPS) is 13.3. The first-order valence-corrected chi connectivity index (χ1v) is 5.30. The molecule has 0 saturated heterocycles. The molecule has 2 aromatic carbocycles. The molecule has 0 amide bonds. The van der Waals surface area contributed by atoms with Crippen molar-refractivity contribution in [1.29, 1.82) is 0 Å². The molecule has 4 heteroatoms. The number of benzene rings is 2. The van der Waals surface area contributed by atoms with E-state index in [1.165, 1.54) is 12.1 Å². The number of aliphatic hydroxyl groups is 1. The van der Waals surface area contributed by atoms with Crippen LogP contribution in [0, 0.1) is 6.07 Å². The van der Waals surface area contributed by atoms with Crippen LogP contribution in [0.5, 0.6) is 0 Å². The molecule has 0 aliphatic rings. The molecule has 1 N–H and O–H groups in total. The quantitative estimate of drug-likeness (QED) is 0.864. The van der Waals surface area contributed by atoms with E-state index in [-0.39, 0.29) is 5.56 Å². The van der Waals surface area contributed by atoms with Gasteiger partial charge in [-0.1, -0.05) is 30.3 Å². The van der Waals surface area contributed by atoms with Crippen molar-refractivity contribution in [3.63, 3.8) is 0 Å². The number of alkyl halides is 3. The molecule has 0 aliphatic carbocycles. The SMILES string of the molecule is OC(c1c[c]ccc1)c1cccc(C(F)(F)F)c1. The Labute approximate surface area is 103 Å². The molecule has 2 aromatic rings. The van der Waals surface area contributed by atoms with Crippen molar-refractivity contribution < 1.29 is 18.3 Å². The highest BCUT2D eigenvalue weighted by Gasteiger charge is 2.30. The molecule has 2 rings (SSSR count). The zero-order valence-electron chi connectivity index (χ0n) is 9.28. The summed E-state index contributed by atoms with van der Waals surface area (Å²) in [4.78, 5) is 0. The Balaban J connectivity index is 2.35. The fourth-order valence-corrected chi connectivity index (χ4v) is 1.65. The summed E-state index contributed by atoms with van der Waals surface area (Å²) in [5, 5.41) is 9.99. The average Bonchev–Trinajstić information content (AvgIpc) is 2.38. The van der Waals surface area contributed by atoms with E-state index < -0.39 is 17.8 Å². The monoisotopic (exact) mass is 251 g/mol. The Morgan fingerprint density at radius 3 is 2.39 bits per heavy atom. The van der Waals surface area contributed by atoms with Crippen molar-refractivity contribution >= 4 is 0 Å². The summed E-state index contributed by atoms with van der Waals surface area (Å²) in [6.07, 6.45) is -5.48. The van der Waals surface area contributed by atoms with Crippen LogP contribution in [0.25, 0.3) is 0 Å². The van der Waals surface area contributed by atoms with Gasteiger partial charge in [-0.2, -0.15) is 13.2 Å². The lowest BCUT2D eigenvalue weighted by atomic mass is 10.00. The van der Waals surface area contributed by atoms with Crippen LogP contribution in [-0.4, -0.2) is 5.11 Å². The first kappa shape index (κ1) is 12.6. The summed E-state index contributed by atoms with van der Waals surface area (Å²) in [6.45, 7) is 0. The van der Waals surface area contributed by atoms with E-state index in [0.29, 0.717) is 5.56 Å². The third-order valence-electron chi connectivity index (χ3n) is 2.58. The molecule has 0 spiro atoms. The lowest BCUT2D eigenvalue weighted by Crippen LogP contribution is -2.07. The highest BCUT2D eigenvalue weighted by atomic mass is 19.4. The largest absolute Gasteiger partial charge is 0.416 e. The molecule has 18 heavy (non-hydrogen) atoms. The summed E-state index contributed by atoms with van der Waals surface area (Å²) >= 11 is 0. The van der Waals surface area contributed by atoms with Gasteiger partial charge < -0.3 is 5.11 Å². The van der Waals surface area contributed by atoms with Gasteiger partial charge in [0, 0.05) is 0 Å². The molecule has 0 heterocycles. The standard InChI is InChI=1S/C14H10F3O/c15-14(16,17)12-8-4-7-11(9-12)13(18)10-5-2-1-3-6-10/h1-2,4-9,13,18H. The molecule has 0 fully saturated rings. The van der Waals surface area contributed by atoms with Gasteiger partial charge in [0.05, 0.1) is 5.56 Å². The van der Waals surface area contributed by atoms with Gasteiger partial charge >= 0.3 is 6.18 Å². The van der Waals surface area contributed by atoms with Crippen LogP contribution in [0.3, 0.4) is 0 Å². The number of hydrogen-bond acceptors (Lipinski definition) is 1. The maximum atomic E-state index is 12.5. The number of aliphatic hydroxyl groups excluding tert-OH is 1. The van der Waals surface area contributed by atoms with Crippen LogP contribution < -0.4 is 0 Å². The van der Waals surface area contributed by atoms with Gasteiger partial charge in [0.25, 0.3) is 0 Å². The van der Waals surface area contributed by atoms with E-state index in [4.69, 9.17) is 0 Å². The molecular weight excluding hydrogens is 241 g/mol. The summed E-state index contributed by atoms with van der Waals surface area (Å²) in [7, 11) is 0. The molecule has 0 aliphatic heterocycles. The number of halogens is 3. The van der Waals surface area contributed by atoms with Crippen molar-refractivity contribution in [2.24, 2.45) is 0 Å². The maximum Gasteiger partial charge on any atom is 0.416 e. The third-order valence-corrected chi connectivity index (χ3v) is 2.58. The van der Waals surface area contributed by atoms with Gasteiger partial charge in [-0.25, -0.2) is 0 Å². The minimum Gasteiger partial charge on any atom is -0.384 e. The van der Waals surface area contributed by atoms with Gasteiger partial charge in [-0.05, 0) is 35.4 Å². The first-order valence-electron chi connectivity index (χ1n) is 5.30. The minimum absolute atomic E-state index is 0.212. The minimum atomic E-state index is -4.40. The molecule has 0 saturated carbocycles. The highest BCUT2D eigenvalue weighted by Crippen LogP contribution is 2.31. The second kappa shape index (κ2) is 4.82. The van der Waals surface area contributed by atoms with Crippen molar-refractivity contribution in [2.75, 3.05) is 0 Å². The van der Waals surface area contributed by atoms with Crippen LogP contribution in [0.2, 0.25) is 0 Å². The number of rotatable bonds is 2. The molecule has 0 bridgehead atoms. The summed E-state index contributed by atoms with van der Waals surface area (Å²) in [6, 6.07) is 14.0. The van der Waals surface area contributed by atoms with E-state index in [1.807, 2.05) is 0 Å². The average molecular weight is 251 g/mol. The predicted molar refractivity (Wildman–Crippen MR) is 60.8 cm³/mol. The third kappa shape index (κ3) is 2.71. The topological polar surface area (TPSA) is 20.2 Å². The Bertz CT molecular complexity index is 520. The van der Waals surface area contributed by atoms with E-state index >= 15 is 0 Å². The molecular formula is C14H10F3O. The fraction of sp³-hybridized carbons (Fsp3) is 0.143. The maximum absolute atomic E-state index is 12.5. The Morgan fingerprint density at radius 1 is 1.06 bits per heavy atom. The van der Waals surface area contributed by atoms with Crippen LogP contribution in [-0.2, 0) is 6.18 Å². The molecule has 93 valence electrons. The van der Waals surface area contributed by atoms with Gasteiger partial charge in [-0.15, -0.1) is 0 Å². The van der Waals surface area contributed by atoms with Crippen molar-refractivity contribution in [1.82, 2.24) is 0 Å². The zero-order chi connectivity index (χ0) is 13.2. The van der Waals surface area contributed by atoms with Gasteiger partial charge in [0.2, 0.25) is 0 Å². The molecule has 0 aromatic heterocycles. The van der Waals surface area contributed by atoms with Crippen LogP contribution in [0.4, 0.5) is 13.2 Å². The van der Waals surface area contributed by atoms with Crippen LogP contribution in [0.15, 0.2) is 48.5 Å². The zero-order valence-corrected chi connectivity index (χ0v) is 9.28. The van der Waals surface area contributed by atoms with Crippen molar-refractivity contribution in [2.45, 2.75) is 12.3 Å². The lowest BCUT2D eigenvalue weighted by Gasteiger charge is -2.13. The van der Waals surface area contributed by atoms with Crippen LogP contribution in [0.1, 0.15) is 22.8 Å². The molecule has 1 radical (unpaired) electrons. The van der Waals surface area contributed by atoms with Crippen molar-refractivity contribution in [3.8, 4) is 0 Å². The summed E-state index contributed by atoms with van der Waals surface area (Å²) in [5.41, 5.74) is -0.0415. The van der Waals surface area contributed by atoms with Crippen molar-refractivity contribution in [3.05, 3.63) is 71.3 Å². The van der Waals surface area contributed by atoms with E-state index in [1.54, 1.807) is 24.3 Å². The fourth-order valence-electron chi connectivity index (χ4n) is 1.65. The molecule has 1 atom stereocenters. The van der Waals surface area contributed by atoms with Gasteiger partial charge in [0.1, 0.15) is 6.10 Å². The Hall–Kier alpha value is -1.81. The van der Waals surface area contributed by atoms with E-state index in [9.17, 15) is 18.3 Å². The lowest BCUT2D eigenvalue weighted by molar-refractivity contribution is -0.137.